The van der Waals surface area contributed by atoms with E-state index in [0.29, 0.717) is 0 Å². The Morgan fingerprint density at radius 1 is 0.187 bits per heavy atom. The van der Waals surface area contributed by atoms with Crippen molar-refractivity contribution >= 4 is 105 Å². The molecule has 3 aliphatic rings. The summed E-state index contributed by atoms with van der Waals surface area (Å²) in [5, 5.41) is 4.95. The van der Waals surface area contributed by atoms with Gasteiger partial charge >= 0.3 is 0 Å². The SMILES string of the molecule is CC1(C)c2ccccc2-c2cc(N(c3ccc(-c4ccccc4)cc3)c3ccc(-c4ccc5oc6ccccc6c5c4)cc3)ccc21.CC1(C)c2ccccc2-c2cccc(N(c3ccc(-c4ccccc4)cc3)c3ccc(-c4cccc5c4sc4ccccc45)cc3)c21.c1ccc(-c2ccc(N(c3ccc(-c4ccccc4)cc3)c3ccc(-c4ccccc4)c4c3C(c3ccccc3)(c3ccccc3)c3ccccc3-4)cc2)cc1. The molecule has 0 amide bonds. The summed E-state index contributed by atoms with van der Waals surface area (Å²) in [4.78, 5) is 7.30. The van der Waals surface area contributed by atoms with Crippen LogP contribution in [0.5, 0.6) is 0 Å². The third-order valence-electron chi connectivity index (χ3n) is 31.1. The maximum absolute atomic E-state index is 6.09. The Hall–Kier alpha value is -18.5. The highest BCUT2D eigenvalue weighted by Gasteiger charge is 2.50. The maximum atomic E-state index is 6.09. The summed E-state index contributed by atoms with van der Waals surface area (Å²) in [6, 6.07) is 205. The molecule has 0 unspecified atom stereocenters. The lowest BCUT2D eigenvalue weighted by Crippen LogP contribution is -2.30. The molecule has 2 heterocycles. The number of thiophene rings is 1. The van der Waals surface area contributed by atoms with Crippen LogP contribution in [0.25, 0.3) is 153 Å². The topological polar surface area (TPSA) is 22.9 Å². The molecule has 150 heavy (non-hydrogen) atoms. The second-order valence-electron chi connectivity index (χ2n) is 40.4. The van der Waals surface area contributed by atoms with Crippen molar-refractivity contribution in [3.05, 3.63) is 609 Å². The van der Waals surface area contributed by atoms with Gasteiger partial charge in [-0.05, 0) is 272 Å². The molecule has 0 fully saturated rings. The summed E-state index contributed by atoms with van der Waals surface area (Å²) >= 11 is 1.88. The molecule has 0 saturated carbocycles. The third kappa shape index (κ3) is 16.2. The first-order valence-corrected chi connectivity index (χ1v) is 52.7. The Morgan fingerprint density at radius 3 is 1.04 bits per heavy atom. The maximum Gasteiger partial charge on any atom is 0.135 e. The zero-order valence-electron chi connectivity index (χ0n) is 83.9. The molecule has 0 saturated heterocycles. The Morgan fingerprint density at radius 2 is 0.527 bits per heavy atom. The number of nitrogens with zero attached hydrogens (tertiary/aromatic N) is 3. The highest BCUT2D eigenvalue weighted by atomic mass is 32.1. The molecule has 3 aliphatic carbocycles. The van der Waals surface area contributed by atoms with E-state index in [1.807, 2.05) is 23.5 Å². The minimum Gasteiger partial charge on any atom is -0.456 e. The Kier molecular flexibility index (Phi) is 23.4. The summed E-state index contributed by atoms with van der Waals surface area (Å²) in [6.07, 6.45) is 0. The van der Waals surface area contributed by atoms with E-state index in [0.717, 1.165) is 67.4 Å². The Bertz CT molecular complexity index is 9170. The fourth-order valence-electron chi connectivity index (χ4n) is 24.0. The number of hydrogen-bond donors (Lipinski definition) is 0. The molecule has 2 aromatic heterocycles. The summed E-state index contributed by atoms with van der Waals surface area (Å²) in [5.41, 5.74) is 46.6. The molecule has 0 bridgehead atoms. The van der Waals surface area contributed by atoms with Crippen LogP contribution in [0.2, 0.25) is 0 Å². The number of rotatable bonds is 18. The van der Waals surface area contributed by atoms with Gasteiger partial charge in [0.15, 0.2) is 0 Å². The van der Waals surface area contributed by atoms with Gasteiger partial charge in [0.05, 0.1) is 16.8 Å². The Labute approximate surface area is 881 Å². The lowest BCUT2D eigenvalue weighted by atomic mass is 9.67. The van der Waals surface area contributed by atoms with Crippen molar-refractivity contribution in [2.24, 2.45) is 0 Å². The first-order chi connectivity index (χ1) is 73.9. The van der Waals surface area contributed by atoms with Crippen LogP contribution in [0.1, 0.15) is 72.2 Å². The van der Waals surface area contributed by atoms with E-state index >= 15 is 0 Å². The van der Waals surface area contributed by atoms with Gasteiger partial charge in [-0.3, -0.25) is 0 Å². The Balaban J connectivity index is 0.000000114. The molecule has 0 radical (unpaired) electrons. The lowest BCUT2D eigenvalue weighted by molar-refractivity contribution is 0.660. The van der Waals surface area contributed by atoms with E-state index in [2.05, 4.69) is 594 Å². The normalized spacial score (nSPS) is 12.8. The van der Waals surface area contributed by atoms with Gasteiger partial charge in [-0.2, -0.15) is 0 Å². The van der Waals surface area contributed by atoms with Gasteiger partial charge in [-0.1, -0.05) is 471 Å². The molecule has 23 aromatic carbocycles. The standard InChI is InChI=1S/C55H39N.C45H33NO.C45H33NS/c1-6-18-40(19-7-1)42-30-34-47(35-31-42)56(48-36-32-43(33-37-48)41-20-8-2-9-21-41)52-39-38-49(44-22-10-3-11-23-44)53-50-28-16-17-29-51(50)55(54(52)53,45-24-12-4-13-25-45)46-26-14-5-15-27-46;1-45(2)41-14-8-6-12-37(41)39-29-36(25-26-42(39)45)46(34-21-16-31(17-22-34)30-10-4-3-5-11-30)35-23-18-32(19-24-35)33-20-27-44-40(28-33)38-13-7-9-15-43(38)47-44;1-45(2)40-19-8-6-14-36(40)38-17-11-20-41(43(38)45)46(33-26-22-31(23-27-33)30-12-4-3-5-13-30)34-28-24-32(25-29-34)35-16-10-18-39-37-15-7-9-21-42(37)47-44(35)39/h1-39H;2*3-29H,1-2H3. The van der Waals surface area contributed by atoms with Crippen molar-refractivity contribution in [2.45, 2.75) is 43.9 Å². The van der Waals surface area contributed by atoms with E-state index in [1.165, 1.54) is 182 Å². The summed E-state index contributed by atoms with van der Waals surface area (Å²) in [7, 11) is 0. The second kappa shape index (κ2) is 38.5. The van der Waals surface area contributed by atoms with Crippen LogP contribution >= 0.6 is 11.3 Å². The molecule has 0 atom stereocenters. The van der Waals surface area contributed by atoms with Gasteiger partial charge < -0.3 is 19.1 Å². The lowest BCUT2D eigenvalue weighted by Gasteiger charge is -2.38. The van der Waals surface area contributed by atoms with Crippen molar-refractivity contribution in [1.29, 1.82) is 0 Å². The van der Waals surface area contributed by atoms with Crippen LogP contribution < -0.4 is 14.7 Å². The van der Waals surface area contributed by atoms with Crippen LogP contribution in [0.4, 0.5) is 51.2 Å². The zero-order valence-corrected chi connectivity index (χ0v) is 84.7. The summed E-state index contributed by atoms with van der Waals surface area (Å²) < 4.78 is 8.76. The largest absolute Gasteiger partial charge is 0.456 e. The number of fused-ring (bicyclic) bond motifs is 15. The summed E-state index contributed by atoms with van der Waals surface area (Å²) in [6.45, 7) is 9.40. The van der Waals surface area contributed by atoms with Crippen LogP contribution in [0.15, 0.2) is 569 Å². The van der Waals surface area contributed by atoms with E-state index in [9.17, 15) is 0 Å². The molecule has 4 nitrogen and oxygen atoms in total. The molecular formula is C145H105N3OS. The first kappa shape index (κ1) is 91.4. The van der Waals surface area contributed by atoms with E-state index in [1.54, 1.807) is 0 Å². The van der Waals surface area contributed by atoms with Crippen molar-refractivity contribution in [3.8, 4) is 111 Å². The van der Waals surface area contributed by atoms with E-state index in [-0.39, 0.29) is 10.8 Å². The zero-order chi connectivity index (χ0) is 100. The highest BCUT2D eigenvalue weighted by Crippen LogP contribution is 2.64. The smallest absolute Gasteiger partial charge is 0.135 e. The monoisotopic (exact) mass is 1940 g/mol. The van der Waals surface area contributed by atoms with Gasteiger partial charge in [0.1, 0.15) is 11.2 Å². The van der Waals surface area contributed by atoms with Crippen molar-refractivity contribution in [1.82, 2.24) is 0 Å². The van der Waals surface area contributed by atoms with Crippen LogP contribution in [0, 0.1) is 0 Å². The molecule has 0 aliphatic heterocycles. The fourth-order valence-corrected chi connectivity index (χ4v) is 25.2. The number of anilines is 9. The molecular weight excluding hydrogens is 1830 g/mol. The predicted octanol–water partition coefficient (Wildman–Crippen LogP) is 40.4. The van der Waals surface area contributed by atoms with Gasteiger partial charge in [0, 0.05) is 87.1 Å². The average molecular weight is 1940 g/mol. The quantitative estimate of drug-likeness (QED) is 0.0854. The van der Waals surface area contributed by atoms with E-state index < -0.39 is 5.41 Å². The summed E-state index contributed by atoms with van der Waals surface area (Å²) in [5.74, 6) is 0. The third-order valence-corrected chi connectivity index (χ3v) is 32.3. The van der Waals surface area contributed by atoms with Gasteiger partial charge in [0.2, 0.25) is 0 Å². The van der Waals surface area contributed by atoms with Crippen LogP contribution in [0.3, 0.4) is 0 Å². The molecule has 5 heteroatoms. The second-order valence-corrected chi connectivity index (χ2v) is 41.4. The average Bonchev–Trinajstić information content (AvgIpc) is 1.51. The minimum absolute atomic E-state index is 0.0321. The van der Waals surface area contributed by atoms with Crippen LogP contribution in [-0.4, -0.2) is 0 Å². The fraction of sp³-hybridized carbons (Fsp3) is 0.0483. The highest BCUT2D eigenvalue weighted by molar-refractivity contribution is 7.26. The molecule has 712 valence electrons. The predicted molar refractivity (Wildman–Crippen MR) is 634 cm³/mol. The van der Waals surface area contributed by atoms with Gasteiger partial charge in [-0.15, -0.1) is 11.3 Å². The molecule has 0 N–H and O–H groups in total. The molecule has 28 rings (SSSR count). The minimum atomic E-state index is -0.610. The molecule has 0 spiro atoms. The first-order valence-electron chi connectivity index (χ1n) is 51.9. The van der Waals surface area contributed by atoms with Gasteiger partial charge in [0.25, 0.3) is 0 Å². The van der Waals surface area contributed by atoms with Crippen molar-refractivity contribution in [3.63, 3.8) is 0 Å². The van der Waals surface area contributed by atoms with E-state index in [4.69, 9.17) is 4.42 Å². The molecule has 25 aromatic rings. The van der Waals surface area contributed by atoms with Crippen molar-refractivity contribution in [2.75, 3.05) is 14.7 Å². The van der Waals surface area contributed by atoms with Crippen LogP contribution in [-0.2, 0) is 16.2 Å². The van der Waals surface area contributed by atoms with Gasteiger partial charge in [-0.25, -0.2) is 0 Å². The number of furan rings is 1. The number of benzene rings is 23. The van der Waals surface area contributed by atoms with Crippen molar-refractivity contribution < 1.29 is 4.42 Å². The number of hydrogen-bond acceptors (Lipinski definition) is 5. The number of para-hydroxylation sites is 1.